The lowest BCUT2D eigenvalue weighted by atomic mass is 9.98. The second-order valence-corrected chi connectivity index (χ2v) is 5.28. The first-order valence-electron chi connectivity index (χ1n) is 6.96. The first kappa shape index (κ1) is 14.3. The van der Waals surface area contributed by atoms with Crippen molar-refractivity contribution in [3.63, 3.8) is 0 Å². The molecular formula is C15H22FNO2. The average Bonchev–Trinajstić information content (AvgIpc) is 2.83. The summed E-state index contributed by atoms with van der Waals surface area (Å²) < 4.78 is 19.2. The molecule has 106 valence electrons. The van der Waals surface area contributed by atoms with Crippen LogP contribution < -0.4 is 10.1 Å². The van der Waals surface area contributed by atoms with Crippen molar-refractivity contribution in [2.45, 2.75) is 44.2 Å². The summed E-state index contributed by atoms with van der Waals surface area (Å²) in [5.41, 5.74) is -0.258. The third-order valence-electron chi connectivity index (χ3n) is 3.75. The van der Waals surface area contributed by atoms with Gasteiger partial charge in [-0.15, -0.1) is 0 Å². The van der Waals surface area contributed by atoms with E-state index in [9.17, 15) is 9.50 Å². The lowest BCUT2D eigenvalue weighted by molar-refractivity contribution is 0.138. The second-order valence-electron chi connectivity index (χ2n) is 5.28. The largest absolute Gasteiger partial charge is 0.487 e. The van der Waals surface area contributed by atoms with Crippen LogP contribution in [-0.2, 0) is 0 Å². The molecule has 3 nitrogen and oxygen atoms in total. The molecule has 1 saturated carbocycles. The van der Waals surface area contributed by atoms with Gasteiger partial charge >= 0.3 is 0 Å². The number of hydrogen-bond acceptors (Lipinski definition) is 3. The van der Waals surface area contributed by atoms with Crippen molar-refractivity contribution in [3.05, 3.63) is 30.1 Å². The summed E-state index contributed by atoms with van der Waals surface area (Å²) in [6.07, 6.45) is 3.42. The number of ether oxygens (including phenoxy) is 1. The van der Waals surface area contributed by atoms with Crippen LogP contribution in [0, 0.1) is 5.82 Å². The van der Waals surface area contributed by atoms with E-state index in [1.54, 1.807) is 18.2 Å². The highest BCUT2D eigenvalue weighted by Crippen LogP contribution is 2.33. The Labute approximate surface area is 113 Å². The van der Waals surface area contributed by atoms with E-state index < -0.39 is 0 Å². The van der Waals surface area contributed by atoms with Gasteiger partial charge in [0.2, 0.25) is 0 Å². The number of rotatable bonds is 6. The molecule has 2 N–H and O–H groups in total. The van der Waals surface area contributed by atoms with Gasteiger partial charge in [-0.2, -0.15) is 0 Å². The summed E-state index contributed by atoms with van der Waals surface area (Å²) in [7, 11) is 0. The molecule has 1 aliphatic rings. The van der Waals surface area contributed by atoms with Crippen molar-refractivity contribution in [1.29, 1.82) is 0 Å². The number of aliphatic hydroxyl groups is 1. The fourth-order valence-electron chi connectivity index (χ4n) is 2.65. The van der Waals surface area contributed by atoms with E-state index in [2.05, 4.69) is 12.2 Å². The molecule has 1 aromatic rings. The van der Waals surface area contributed by atoms with E-state index in [4.69, 9.17) is 4.74 Å². The molecule has 0 saturated heterocycles. The van der Waals surface area contributed by atoms with Gasteiger partial charge in [0.25, 0.3) is 0 Å². The Morgan fingerprint density at radius 1 is 1.47 bits per heavy atom. The van der Waals surface area contributed by atoms with Crippen LogP contribution in [0.2, 0.25) is 0 Å². The highest BCUT2D eigenvalue weighted by atomic mass is 19.1. The van der Waals surface area contributed by atoms with E-state index in [0.717, 1.165) is 32.2 Å². The Hall–Kier alpha value is -1.13. The summed E-state index contributed by atoms with van der Waals surface area (Å²) in [6, 6.07) is 6.46. The van der Waals surface area contributed by atoms with Crippen LogP contribution in [0.4, 0.5) is 4.39 Å². The molecule has 0 aromatic heterocycles. The zero-order valence-corrected chi connectivity index (χ0v) is 11.4. The maximum absolute atomic E-state index is 13.5. The Kier molecular flexibility index (Phi) is 4.77. The Balaban J connectivity index is 1.96. The minimum absolute atomic E-state index is 0.0339. The predicted octanol–water partition coefficient (Wildman–Crippen LogP) is 2.49. The van der Waals surface area contributed by atoms with Crippen LogP contribution in [0.25, 0.3) is 0 Å². The second kappa shape index (κ2) is 6.35. The van der Waals surface area contributed by atoms with Crippen molar-refractivity contribution >= 4 is 0 Å². The minimum atomic E-state index is -0.328. The lowest BCUT2D eigenvalue weighted by Crippen LogP contribution is -2.47. The van der Waals surface area contributed by atoms with E-state index in [-0.39, 0.29) is 24.1 Å². The van der Waals surface area contributed by atoms with Crippen LogP contribution in [0.3, 0.4) is 0 Å². The third kappa shape index (κ3) is 3.45. The van der Waals surface area contributed by atoms with Gasteiger partial charge < -0.3 is 15.2 Å². The van der Waals surface area contributed by atoms with Crippen molar-refractivity contribution in [2.75, 3.05) is 13.2 Å². The fraction of sp³-hybridized carbons (Fsp3) is 0.600. The quantitative estimate of drug-likeness (QED) is 0.832. The van der Waals surface area contributed by atoms with Gasteiger partial charge in [0.15, 0.2) is 11.6 Å². The summed E-state index contributed by atoms with van der Waals surface area (Å²) in [4.78, 5) is 0. The Morgan fingerprint density at radius 3 is 2.95 bits per heavy atom. The highest BCUT2D eigenvalue weighted by Gasteiger charge is 2.39. The van der Waals surface area contributed by atoms with Crippen molar-refractivity contribution < 1.29 is 14.2 Å². The van der Waals surface area contributed by atoms with Gasteiger partial charge in [-0.3, -0.25) is 0 Å². The van der Waals surface area contributed by atoms with Crippen LogP contribution in [-0.4, -0.2) is 29.9 Å². The molecule has 0 radical (unpaired) electrons. The summed E-state index contributed by atoms with van der Waals surface area (Å²) in [5, 5.41) is 13.0. The number of para-hydroxylation sites is 1. The van der Waals surface area contributed by atoms with Gasteiger partial charge in [-0.25, -0.2) is 4.39 Å². The van der Waals surface area contributed by atoms with Crippen LogP contribution >= 0.6 is 0 Å². The summed E-state index contributed by atoms with van der Waals surface area (Å²) >= 11 is 0. The molecule has 2 unspecified atom stereocenters. The minimum Gasteiger partial charge on any atom is -0.487 e. The third-order valence-corrected chi connectivity index (χ3v) is 3.75. The molecule has 2 rings (SSSR count). The zero-order chi connectivity index (χ0) is 13.7. The van der Waals surface area contributed by atoms with Gasteiger partial charge in [-0.05, 0) is 37.9 Å². The fourth-order valence-corrected chi connectivity index (χ4v) is 2.65. The lowest BCUT2D eigenvalue weighted by Gasteiger charge is -2.28. The van der Waals surface area contributed by atoms with Crippen molar-refractivity contribution in [1.82, 2.24) is 5.32 Å². The van der Waals surface area contributed by atoms with E-state index in [1.165, 1.54) is 6.07 Å². The van der Waals surface area contributed by atoms with Gasteiger partial charge in [-0.1, -0.05) is 19.1 Å². The molecule has 0 amide bonds. The molecule has 0 spiro atoms. The van der Waals surface area contributed by atoms with Crippen molar-refractivity contribution in [2.24, 2.45) is 0 Å². The number of halogens is 1. The van der Waals surface area contributed by atoms with Crippen LogP contribution in [0.5, 0.6) is 5.75 Å². The number of benzene rings is 1. The van der Waals surface area contributed by atoms with Crippen LogP contribution in [0.15, 0.2) is 24.3 Å². The first-order valence-corrected chi connectivity index (χ1v) is 6.96. The summed E-state index contributed by atoms with van der Waals surface area (Å²) in [5.74, 6) is -0.0257. The first-order chi connectivity index (χ1) is 9.19. The molecule has 0 bridgehead atoms. The Morgan fingerprint density at radius 2 is 2.26 bits per heavy atom. The predicted molar refractivity (Wildman–Crippen MR) is 72.8 cm³/mol. The van der Waals surface area contributed by atoms with E-state index >= 15 is 0 Å². The normalized spacial score (nSPS) is 26.6. The van der Waals surface area contributed by atoms with Crippen LogP contribution in [0.1, 0.15) is 32.6 Å². The molecule has 0 aliphatic heterocycles. The molecule has 19 heavy (non-hydrogen) atoms. The Bertz CT molecular complexity index is 413. The smallest absolute Gasteiger partial charge is 0.165 e. The number of aliphatic hydroxyl groups excluding tert-OH is 1. The molecule has 2 atom stereocenters. The topological polar surface area (TPSA) is 41.5 Å². The molecular weight excluding hydrogens is 245 g/mol. The highest BCUT2D eigenvalue weighted by molar-refractivity contribution is 5.24. The molecule has 4 heteroatoms. The molecule has 1 fully saturated rings. The number of hydrogen-bond donors (Lipinski definition) is 2. The zero-order valence-electron chi connectivity index (χ0n) is 11.4. The average molecular weight is 267 g/mol. The van der Waals surface area contributed by atoms with E-state index in [0.29, 0.717) is 5.75 Å². The maximum atomic E-state index is 13.5. The SMILES string of the molecule is CCCNC1(CO)CCC(Oc2ccccc2F)C1. The maximum Gasteiger partial charge on any atom is 0.165 e. The van der Waals surface area contributed by atoms with E-state index in [1.807, 2.05) is 0 Å². The van der Waals surface area contributed by atoms with Gasteiger partial charge in [0.05, 0.1) is 6.61 Å². The molecule has 0 heterocycles. The van der Waals surface area contributed by atoms with Gasteiger partial charge in [0.1, 0.15) is 6.10 Å². The summed E-state index contributed by atoms with van der Waals surface area (Å²) in [6.45, 7) is 3.08. The number of nitrogens with one attached hydrogen (secondary N) is 1. The van der Waals surface area contributed by atoms with Gasteiger partial charge in [0, 0.05) is 12.0 Å². The molecule has 1 aromatic carbocycles. The van der Waals surface area contributed by atoms with Crippen molar-refractivity contribution in [3.8, 4) is 5.75 Å². The monoisotopic (exact) mass is 267 g/mol. The standard InChI is InChI=1S/C15H22FNO2/c1-2-9-17-15(11-18)8-7-12(10-15)19-14-6-4-3-5-13(14)16/h3-6,12,17-18H,2,7-11H2,1H3. The molecule has 1 aliphatic carbocycles.